The molecule has 0 spiro atoms. The van der Waals surface area contributed by atoms with E-state index in [0.717, 1.165) is 22.2 Å². The van der Waals surface area contributed by atoms with Crippen molar-refractivity contribution in [3.63, 3.8) is 0 Å². The molecule has 1 aliphatic heterocycles. The highest BCUT2D eigenvalue weighted by Crippen LogP contribution is 2.34. The third kappa shape index (κ3) is 4.00. The summed E-state index contributed by atoms with van der Waals surface area (Å²) in [7, 11) is 0. The fourth-order valence-electron chi connectivity index (χ4n) is 1.89. The lowest BCUT2D eigenvalue weighted by Crippen LogP contribution is -2.41. The van der Waals surface area contributed by atoms with Crippen molar-refractivity contribution in [2.45, 2.75) is 13.0 Å². The van der Waals surface area contributed by atoms with Gasteiger partial charge in [0.15, 0.2) is 0 Å². The molecule has 7 heteroatoms. The maximum atomic E-state index is 12.3. The van der Waals surface area contributed by atoms with Crippen molar-refractivity contribution in [3.8, 4) is 5.75 Å². The number of carboxylic acid groups (broad SMARTS) is 1. The smallest absolute Gasteiger partial charge is 0.326 e. The summed E-state index contributed by atoms with van der Waals surface area (Å²) in [5.74, 6) is -0.776. The minimum absolute atomic E-state index is 0.252. The average molecular weight is 349 g/mol. The van der Waals surface area contributed by atoms with Crippen LogP contribution in [0.1, 0.15) is 12.5 Å². The highest BCUT2D eigenvalue weighted by molar-refractivity contribution is 8.26. The van der Waals surface area contributed by atoms with E-state index in [9.17, 15) is 9.59 Å². The van der Waals surface area contributed by atoms with E-state index in [4.69, 9.17) is 22.1 Å². The average Bonchev–Trinajstić information content (AvgIpc) is 2.80. The zero-order valence-electron chi connectivity index (χ0n) is 12.4. The number of carboxylic acids is 1. The van der Waals surface area contributed by atoms with Crippen LogP contribution in [0.25, 0.3) is 6.08 Å². The predicted octanol–water partition coefficient (Wildman–Crippen LogP) is 2.93. The van der Waals surface area contributed by atoms with Crippen LogP contribution in [-0.4, -0.2) is 38.9 Å². The Morgan fingerprint density at radius 1 is 1.48 bits per heavy atom. The number of ether oxygens (including phenoxy) is 1. The third-order valence-electron chi connectivity index (χ3n) is 3.11. The van der Waals surface area contributed by atoms with Crippen LogP contribution < -0.4 is 4.74 Å². The number of rotatable bonds is 6. The highest BCUT2D eigenvalue weighted by atomic mass is 32.2. The Labute approximate surface area is 143 Å². The molecule has 1 fully saturated rings. The highest BCUT2D eigenvalue weighted by Gasteiger charge is 2.38. The van der Waals surface area contributed by atoms with E-state index < -0.39 is 12.0 Å². The molecule has 0 bridgehead atoms. The van der Waals surface area contributed by atoms with E-state index >= 15 is 0 Å². The summed E-state index contributed by atoms with van der Waals surface area (Å²) in [6, 6.07) is 6.21. The number of hydrogen-bond acceptors (Lipinski definition) is 5. The molecule has 1 saturated heterocycles. The second-order valence-corrected chi connectivity index (χ2v) is 6.41. The topological polar surface area (TPSA) is 66.8 Å². The largest absolute Gasteiger partial charge is 0.490 e. The van der Waals surface area contributed by atoms with Crippen LogP contribution in [0, 0.1) is 0 Å². The molecule has 1 N–H and O–H groups in total. The van der Waals surface area contributed by atoms with Crippen LogP contribution in [0.3, 0.4) is 0 Å². The first-order chi connectivity index (χ1) is 10.9. The zero-order chi connectivity index (χ0) is 17.0. The van der Waals surface area contributed by atoms with Gasteiger partial charge in [-0.05, 0) is 30.7 Å². The minimum atomic E-state index is -1.09. The molecule has 120 valence electrons. The number of carbonyl (C=O) groups is 2. The van der Waals surface area contributed by atoms with Gasteiger partial charge in [-0.1, -0.05) is 48.8 Å². The Morgan fingerprint density at radius 3 is 2.70 bits per heavy atom. The summed E-state index contributed by atoms with van der Waals surface area (Å²) in [6.07, 6.45) is 3.34. The molecule has 1 aromatic carbocycles. The van der Waals surface area contributed by atoms with E-state index in [-0.39, 0.29) is 10.2 Å². The number of benzene rings is 1. The first kappa shape index (κ1) is 17.2. The fourth-order valence-corrected chi connectivity index (χ4v) is 3.31. The molecule has 0 aliphatic carbocycles. The van der Waals surface area contributed by atoms with Gasteiger partial charge in [0.1, 0.15) is 22.7 Å². The lowest BCUT2D eigenvalue weighted by atomic mass is 10.2. The van der Waals surface area contributed by atoms with Crippen LogP contribution in [0.15, 0.2) is 41.8 Å². The van der Waals surface area contributed by atoms with Crippen molar-refractivity contribution < 1.29 is 19.4 Å². The maximum Gasteiger partial charge on any atom is 0.326 e. The van der Waals surface area contributed by atoms with Crippen LogP contribution in [-0.2, 0) is 9.59 Å². The Kier molecular flexibility index (Phi) is 5.57. The maximum absolute atomic E-state index is 12.3. The number of thioether (sulfide) groups is 1. The summed E-state index contributed by atoms with van der Waals surface area (Å²) in [6.45, 7) is 5.43. The van der Waals surface area contributed by atoms with Gasteiger partial charge in [-0.15, -0.1) is 0 Å². The standard InChI is InChI=1S/C16H15NO4S2/c1-3-8-21-12-6-4-11(5-7-12)9-13-14(18)17(16(22)23-13)10(2)15(19)20/h3-7,9-10H,1,8H2,2H3,(H,19,20)/b13-9-/t10-/m1/s1. The molecule has 1 aromatic rings. The molecule has 1 atom stereocenters. The zero-order valence-corrected chi connectivity index (χ0v) is 14.0. The number of thiocarbonyl (C=S) groups is 1. The SMILES string of the molecule is C=CCOc1ccc(/C=C2\SC(=S)N([C@H](C)C(=O)O)C2=O)cc1. The summed E-state index contributed by atoms with van der Waals surface area (Å²) < 4.78 is 5.64. The molecule has 0 aromatic heterocycles. The molecule has 5 nitrogen and oxygen atoms in total. The van der Waals surface area contributed by atoms with Crippen LogP contribution in [0.5, 0.6) is 5.75 Å². The number of aliphatic carboxylic acids is 1. The second-order valence-electron chi connectivity index (χ2n) is 4.73. The summed E-state index contributed by atoms with van der Waals surface area (Å²) in [4.78, 5) is 24.9. The number of hydrogen-bond donors (Lipinski definition) is 1. The lowest BCUT2D eigenvalue weighted by Gasteiger charge is -2.18. The molecular weight excluding hydrogens is 334 g/mol. The Balaban J connectivity index is 2.17. The van der Waals surface area contributed by atoms with Gasteiger partial charge in [0.05, 0.1) is 4.91 Å². The Morgan fingerprint density at radius 2 is 2.13 bits per heavy atom. The second kappa shape index (κ2) is 7.43. The van der Waals surface area contributed by atoms with Gasteiger partial charge in [0.2, 0.25) is 0 Å². The van der Waals surface area contributed by atoms with Crippen molar-refractivity contribution in [3.05, 3.63) is 47.4 Å². The predicted molar refractivity (Wildman–Crippen MR) is 94.2 cm³/mol. The van der Waals surface area contributed by atoms with Crippen LogP contribution >= 0.6 is 24.0 Å². The van der Waals surface area contributed by atoms with E-state index in [0.29, 0.717) is 17.3 Å². The Hall–Kier alpha value is -2.12. The van der Waals surface area contributed by atoms with E-state index in [1.165, 1.54) is 6.92 Å². The van der Waals surface area contributed by atoms with Crippen molar-refractivity contribution in [2.24, 2.45) is 0 Å². The number of nitrogens with zero attached hydrogens (tertiary/aromatic N) is 1. The van der Waals surface area contributed by atoms with Crippen molar-refractivity contribution >= 4 is 46.3 Å². The molecule has 0 radical (unpaired) electrons. The van der Waals surface area contributed by atoms with E-state index in [2.05, 4.69) is 6.58 Å². The van der Waals surface area contributed by atoms with Crippen molar-refractivity contribution in [1.29, 1.82) is 0 Å². The van der Waals surface area contributed by atoms with E-state index in [1.807, 2.05) is 12.1 Å². The van der Waals surface area contributed by atoms with Gasteiger partial charge >= 0.3 is 5.97 Å². The van der Waals surface area contributed by atoms with Gasteiger partial charge in [-0.3, -0.25) is 9.69 Å². The third-order valence-corrected chi connectivity index (χ3v) is 4.44. The van der Waals surface area contributed by atoms with Gasteiger partial charge in [-0.25, -0.2) is 4.79 Å². The fraction of sp³-hybridized carbons (Fsp3) is 0.188. The van der Waals surface area contributed by atoms with Gasteiger partial charge in [0, 0.05) is 0 Å². The van der Waals surface area contributed by atoms with Crippen molar-refractivity contribution in [1.82, 2.24) is 4.90 Å². The first-order valence-corrected chi connectivity index (χ1v) is 8.00. The minimum Gasteiger partial charge on any atom is -0.490 e. The van der Waals surface area contributed by atoms with Gasteiger partial charge in [0.25, 0.3) is 5.91 Å². The van der Waals surface area contributed by atoms with Crippen LogP contribution in [0.4, 0.5) is 0 Å². The lowest BCUT2D eigenvalue weighted by molar-refractivity contribution is -0.144. The van der Waals surface area contributed by atoms with Crippen LogP contribution in [0.2, 0.25) is 0 Å². The molecule has 1 aliphatic rings. The van der Waals surface area contributed by atoms with Gasteiger partial charge in [-0.2, -0.15) is 0 Å². The first-order valence-electron chi connectivity index (χ1n) is 6.77. The molecule has 1 heterocycles. The van der Waals surface area contributed by atoms with Crippen molar-refractivity contribution in [2.75, 3.05) is 6.61 Å². The number of carbonyl (C=O) groups excluding carboxylic acids is 1. The van der Waals surface area contributed by atoms with Gasteiger partial charge < -0.3 is 9.84 Å². The molecule has 23 heavy (non-hydrogen) atoms. The normalized spacial score (nSPS) is 17.4. The summed E-state index contributed by atoms with van der Waals surface area (Å²) in [5, 5.41) is 9.05. The summed E-state index contributed by atoms with van der Waals surface area (Å²) in [5.41, 5.74) is 0.805. The molecular formula is C16H15NO4S2. The molecule has 0 unspecified atom stereocenters. The monoisotopic (exact) mass is 349 g/mol. The molecule has 0 saturated carbocycles. The summed E-state index contributed by atoms with van der Waals surface area (Å²) >= 11 is 6.21. The Bertz CT molecular complexity index is 682. The molecule has 1 amide bonds. The quantitative estimate of drug-likeness (QED) is 0.484. The number of amides is 1. The van der Waals surface area contributed by atoms with E-state index in [1.54, 1.807) is 24.3 Å². The molecule has 2 rings (SSSR count).